The molecule has 0 N–H and O–H groups in total. The van der Waals surface area contributed by atoms with Crippen LogP contribution < -0.4 is 0 Å². The average molecular weight is 348 g/mol. The predicted octanol–water partition coefficient (Wildman–Crippen LogP) is 3.43. The van der Waals surface area contributed by atoms with Crippen molar-refractivity contribution in [3.8, 4) is 0 Å². The van der Waals surface area contributed by atoms with Crippen molar-refractivity contribution in [3.05, 3.63) is 69.2 Å². The van der Waals surface area contributed by atoms with Crippen molar-refractivity contribution in [3.63, 3.8) is 0 Å². The molecule has 23 heavy (non-hydrogen) atoms. The zero-order valence-electron chi connectivity index (χ0n) is 11.7. The number of tetrazole rings is 1. The lowest BCUT2D eigenvalue weighted by molar-refractivity contribution is -0.384. The first-order chi connectivity index (χ1) is 11.1. The summed E-state index contributed by atoms with van der Waals surface area (Å²) in [6, 6.07) is 14.1. The van der Waals surface area contributed by atoms with Crippen LogP contribution in [0.25, 0.3) is 0 Å². The van der Waals surface area contributed by atoms with Gasteiger partial charge in [-0.15, -0.1) is 5.10 Å². The van der Waals surface area contributed by atoms with Gasteiger partial charge in [0.25, 0.3) is 5.69 Å². The average Bonchev–Trinajstić information content (AvgIpc) is 2.97. The molecule has 9 heteroatoms. The first-order valence-electron chi connectivity index (χ1n) is 6.55. The van der Waals surface area contributed by atoms with E-state index in [1.807, 2.05) is 30.3 Å². The number of nitro groups is 1. The van der Waals surface area contributed by atoms with E-state index in [-0.39, 0.29) is 5.69 Å². The molecule has 0 fully saturated rings. The third kappa shape index (κ3) is 3.66. The Balaban J connectivity index is 1.82. The second-order valence-corrected chi connectivity index (χ2v) is 5.99. The summed E-state index contributed by atoms with van der Waals surface area (Å²) in [5.41, 5.74) is 1.01. The van der Waals surface area contributed by atoms with Crippen LogP contribution in [0.2, 0.25) is 5.02 Å². The summed E-state index contributed by atoms with van der Waals surface area (Å²) in [5.74, 6) is 0. The van der Waals surface area contributed by atoms with Gasteiger partial charge in [0.2, 0.25) is 5.16 Å². The minimum Gasteiger partial charge on any atom is -0.258 e. The molecule has 3 aromatic rings. The summed E-state index contributed by atoms with van der Waals surface area (Å²) in [7, 11) is 0. The van der Waals surface area contributed by atoms with E-state index in [1.165, 1.54) is 23.9 Å². The molecule has 0 unspecified atom stereocenters. The highest BCUT2D eigenvalue weighted by atomic mass is 35.5. The Morgan fingerprint density at radius 3 is 2.70 bits per heavy atom. The minimum atomic E-state index is -0.486. The molecule has 0 radical (unpaired) electrons. The van der Waals surface area contributed by atoms with Crippen molar-refractivity contribution in [2.45, 2.75) is 16.6 Å². The van der Waals surface area contributed by atoms with E-state index < -0.39 is 4.92 Å². The van der Waals surface area contributed by atoms with E-state index in [0.717, 1.165) is 5.56 Å². The summed E-state index contributed by atoms with van der Waals surface area (Å²) in [6.45, 7) is 0.529. The summed E-state index contributed by atoms with van der Waals surface area (Å²) in [5, 5.41) is 23.2. The van der Waals surface area contributed by atoms with Crippen LogP contribution in [0.3, 0.4) is 0 Å². The Kier molecular flexibility index (Phi) is 4.54. The quantitative estimate of drug-likeness (QED) is 0.519. The monoisotopic (exact) mass is 347 g/mol. The molecule has 0 aliphatic heterocycles. The van der Waals surface area contributed by atoms with E-state index in [9.17, 15) is 10.1 Å². The lowest BCUT2D eigenvalue weighted by atomic mass is 10.2. The van der Waals surface area contributed by atoms with Gasteiger partial charge < -0.3 is 0 Å². The molecule has 2 aromatic carbocycles. The number of aromatic nitrogens is 4. The molecule has 0 aliphatic carbocycles. The van der Waals surface area contributed by atoms with Crippen molar-refractivity contribution < 1.29 is 4.92 Å². The van der Waals surface area contributed by atoms with Gasteiger partial charge in [-0.3, -0.25) is 10.1 Å². The van der Waals surface area contributed by atoms with Crippen molar-refractivity contribution in [2.24, 2.45) is 0 Å². The number of non-ortho nitro benzene ring substituents is 1. The van der Waals surface area contributed by atoms with Crippen LogP contribution in [0.4, 0.5) is 5.69 Å². The molecule has 1 heterocycles. The summed E-state index contributed by atoms with van der Waals surface area (Å²) < 4.78 is 1.65. The largest absolute Gasteiger partial charge is 0.270 e. The molecular weight excluding hydrogens is 338 g/mol. The van der Waals surface area contributed by atoms with Crippen LogP contribution in [0.5, 0.6) is 0 Å². The molecule has 7 nitrogen and oxygen atoms in total. The van der Waals surface area contributed by atoms with Crippen LogP contribution in [0.1, 0.15) is 5.56 Å². The van der Waals surface area contributed by atoms with Crippen LogP contribution in [0.15, 0.2) is 58.6 Å². The molecule has 0 amide bonds. The molecule has 0 saturated carbocycles. The highest BCUT2D eigenvalue weighted by molar-refractivity contribution is 7.99. The van der Waals surface area contributed by atoms with Gasteiger partial charge >= 0.3 is 0 Å². The van der Waals surface area contributed by atoms with Crippen molar-refractivity contribution in [2.75, 3.05) is 0 Å². The number of benzene rings is 2. The number of nitrogens with zero attached hydrogens (tertiary/aromatic N) is 5. The lowest BCUT2D eigenvalue weighted by Crippen LogP contribution is -2.03. The SMILES string of the molecule is O=[N+]([O-])c1ccc(Sc2nnnn2Cc2ccccc2)c(Cl)c1. The van der Waals surface area contributed by atoms with Gasteiger partial charge in [0.15, 0.2) is 0 Å². The molecule has 116 valence electrons. The van der Waals surface area contributed by atoms with Crippen LogP contribution in [-0.2, 0) is 6.54 Å². The van der Waals surface area contributed by atoms with E-state index in [2.05, 4.69) is 15.5 Å². The van der Waals surface area contributed by atoms with Crippen LogP contribution >= 0.6 is 23.4 Å². The number of hydrogen-bond donors (Lipinski definition) is 0. The summed E-state index contributed by atoms with van der Waals surface area (Å²) >= 11 is 7.36. The number of halogens is 1. The topological polar surface area (TPSA) is 86.7 Å². The number of rotatable bonds is 5. The predicted molar refractivity (Wildman–Crippen MR) is 85.6 cm³/mol. The Hall–Kier alpha value is -2.45. The van der Waals surface area contributed by atoms with Gasteiger partial charge in [-0.1, -0.05) is 41.9 Å². The lowest BCUT2D eigenvalue weighted by Gasteiger charge is -2.05. The van der Waals surface area contributed by atoms with Crippen molar-refractivity contribution in [1.82, 2.24) is 20.2 Å². The van der Waals surface area contributed by atoms with E-state index in [0.29, 0.717) is 21.6 Å². The maximum Gasteiger partial charge on any atom is 0.270 e. The van der Waals surface area contributed by atoms with E-state index in [4.69, 9.17) is 11.6 Å². The fraction of sp³-hybridized carbons (Fsp3) is 0.0714. The van der Waals surface area contributed by atoms with Crippen LogP contribution in [-0.4, -0.2) is 25.1 Å². The van der Waals surface area contributed by atoms with Gasteiger partial charge in [0.05, 0.1) is 16.5 Å². The van der Waals surface area contributed by atoms with Gasteiger partial charge in [0, 0.05) is 17.0 Å². The normalized spacial score (nSPS) is 10.7. The van der Waals surface area contributed by atoms with Gasteiger partial charge in [0.1, 0.15) is 0 Å². The van der Waals surface area contributed by atoms with Crippen molar-refractivity contribution >= 4 is 29.1 Å². The highest BCUT2D eigenvalue weighted by Crippen LogP contribution is 2.34. The molecule has 3 rings (SSSR count). The molecule has 1 aromatic heterocycles. The second-order valence-electron chi connectivity index (χ2n) is 4.58. The zero-order valence-corrected chi connectivity index (χ0v) is 13.2. The Bertz CT molecular complexity index is 840. The molecule has 0 spiro atoms. The number of nitro benzene ring substituents is 1. The maximum absolute atomic E-state index is 10.7. The molecule has 0 saturated heterocycles. The Labute approximate surface area is 140 Å². The van der Waals surface area contributed by atoms with E-state index >= 15 is 0 Å². The number of hydrogen-bond acceptors (Lipinski definition) is 6. The summed E-state index contributed by atoms with van der Waals surface area (Å²) in [6.07, 6.45) is 0. The molecule has 0 atom stereocenters. The molecular formula is C14H10ClN5O2S. The molecule has 0 aliphatic rings. The summed E-state index contributed by atoms with van der Waals surface area (Å²) in [4.78, 5) is 10.9. The standard InChI is InChI=1S/C14H10ClN5O2S/c15-12-8-11(20(21)22)6-7-13(12)23-14-16-17-18-19(14)9-10-4-2-1-3-5-10/h1-8H,9H2. The minimum absolute atomic E-state index is 0.0526. The fourth-order valence-electron chi connectivity index (χ4n) is 1.91. The third-order valence-corrected chi connectivity index (χ3v) is 4.48. The Morgan fingerprint density at radius 2 is 2.00 bits per heavy atom. The van der Waals surface area contributed by atoms with Gasteiger partial charge in [-0.05, 0) is 33.8 Å². The van der Waals surface area contributed by atoms with Crippen LogP contribution in [0, 0.1) is 10.1 Å². The molecule has 0 bridgehead atoms. The zero-order chi connectivity index (χ0) is 16.2. The van der Waals surface area contributed by atoms with Gasteiger partial charge in [-0.2, -0.15) is 0 Å². The maximum atomic E-state index is 10.7. The smallest absolute Gasteiger partial charge is 0.258 e. The highest BCUT2D eigenvalue weighted by Gasteiger charge is 2.14. The Morgan fingerprint density at radius 1 is 1.22 bits per heavy atom. The van der Waals surface area contributed by atoms with Gasteiger partial charge in [-0.25, -0.2) is 4.68 Å². The first kappa shape index (κ1) is 15.4. The first-order valence-corrected chi connectivity index (χ1v) is 7.75. The van der Waals surface area contributed by atoms with E-state index in [1.54, 1.807) is 10.7 Å². The second kappa shape index (κ2) is 6.76. The fourth-order valence-corrected chi connectivity index (χ4v) is 2.97. The van der Waals surface area contributed by atoms with Crippen molar-refractivity contribution in [1.29, 1.82) is 0 Å². The third-order valence-electron chi connectivity index (χ3n) is 3.00.